The average molecular weight is 388 g/mol. The molecular weight excluding hydrogens is 367 g/mol. The van der Waals surface area contributed by atoms with E-state index in [1.54, 1.807) is 0 Å². The molecular formula is C19H21FN4O4. The maximum absolute atomic E-state index is 15.3. The van der Waals surface area contributed by atoms with Gasteiger partial charge in [-0.3, -0.25) is 9.97 Å². The van der Waals surface area contributed by atoms with Crippen molar-refractivity contribution in [1.29, 1.82) is 0 Å². The van der Waals surface area contributed by atoms with Crippen LogP contribution < -0.4 is 4.90 Å². The van der Waals surface area contributed by atoms with Gasteiger partial charge < -0.3 is 20.0 Å². The Balaban J connectivity index is 2.17. The first-order chi connectivity index (χ1) is 13.3. The molecule has 0 amide bonds. The van der Waals surface area contributed by atoms with E-state index < -0.39 is 11.8 Å². The van der Waals surface area contributed by atoms with Crippen LogP contribution in [-0.4, -0.2) is 57.3 Å². The minimum atomic E-state index is -1.21. The molecule has 1 aliphatic heterocycles. The second kappa shape index (κ2) is 7.89. The number of oxime groups is 1. The molecule has 8 nitrogen and oxygen atoms in total. The van der Waals surface area contributed by atoms with Crippen molar-refractivity contribution in [3.05, 3.63) is 52.9 Å². The molecule has 1 fully saturated rings. The van der Waals surface area contributed by atoms with Crippen LogP contribution in [-0.2, 0) is 4.74 Å². The molecule has 0 radical (unpaired) electrons. The Labute approximate surface area is 161 Å². The molecule has 1 aromatic heterocycles. The average Bonchev–Trinajstić information content (AvgIpc) is 2.65. The van der Waals surface area contributed by atoms with Gasteiger partial charge in [0.1, 0.15) is 17.2 Å². The van der Waals surface area contributed by atoms with E-state index >= 15 is 4.39 Å². The highest BCUT2D eigenvalue weighted by Crippen LogP contribution is 2.33. The van der Waals surface area contributed by atoms with Crippen molar-refractivity contribution in [2.24, 2.45) is 5.16 Å². The number of benzene rings is 1. The number of aromatic nitrogens is 2. The lowest BCUT2D eigenvalue weighted by atomic mass is 9.96. The minimum Gasteiger partial charge on any atom is -0.478 e. The molecule has 2 atom stereocenters. The van der Waals surface area contributed by atoms with E-state index in [9.17, 15) is 15.1 Å². The van der Waals surface area contributed by atoms with Gasteiger partial charge in [-0.1, -0.05) is 5.16 Å². The molecule has 9 heteroatoms. The molecule has 1 saturated heterocycles. The summed E-state index contributed by atoms with van der Waals surface area (Å²) in [6.45, 7) is 6.16. The van der Waals surface area contributed by atoms with E-state index in [2.05, 4.69) is 15.1 Å². The lowest BCUT2D eigenvalue weighted by Crippen LogP contribution is -2.46. The van der Waals surface area contributed by atoms with Gasteiger partial charge in [-0.2, -0.15) is 0 Å². The molecule has 28 heavy (non-hydrogen) atoms. The summed E-state index contributed by atoms with van der Waals surface area (Å²) in [6, 6.07) is 1.18. The molecule has 0 unspecified atom stereocenters. The predicted octanol–water partition coefficient (Wildman–Crippen LogP) is 2.46. The number of ether oxygens (including phenoxy) is 1. The third-order valence-corrected chi connectivity index (χ3v) is 4.59. The summed E-state index contributed by atoms with van der Waals surface area (Å²) in [6.07, 6.45) is 3.85. The second-order valence-corrected chi connectivity index (χ2v) is 6.77. The van der Waals surface area contributed by atoms with Crippen molar-refractivity contribution in [2.75, 3.05) is 18.0 Å². The topological polar surface area (TPSA) is 108 Å². The van der Waals surface area contributed by atoms with Gasteiger partial charge >= 0.3 is 5.97 Å². The first-order valence-corrected chi connectivity index (χ1v) is 8.79. The number of morpholine rings is 1. The summed E-state index contributed by atoms with van der Waals surface area (Å²) in [4.78, 5) is 21.7. The molecule has 0 aliphatic carbocycles. The van der Waals surface area contributed by atoms with E-state index in [1.807, 2.05) is 18.7 Å². The fourth-order valence-electron chi connectivity index (χ4n) is 3.55. The molecule has 3 rings (SSSR count). The van der Waals surface area contributed by atoms with Crippen LogP contribution in [0.2, 0.25) is 0 Å². The van der Waals surface area contributed by atoms with Gasteiger partial charge in [0, 0.05) is 36.6 Å². The SMILES string of the molecule is Cc1c(F)c(/C(=N/O)c2cnccn2)cc(C(=O)O)c1N1C[C@@H](C)O[C@@H](C)C1. The van der Waals surface area contributed by atoms with Crippen molar-refractivity contribution in [2.45, 2.75) is 33.0 Å². The summed E-state index contributed by atoms with van der Waals surface area (Å²) < 4.78 is 21.0. The molecule has 0 spiro atoms. The van der Waals surface area contributed by atoms with Crippen LogP contribution in [0.1, 0.15) is 41.0 Å². The van der Waals surface area contributed by atoms with Crippen LogP contribution in [0.3, 0.4) is 0 Å². The van der Waals surface area contributed by atoms with Crippen LogP contribution in [0.15, 0.2) is 29.8 Å². The number of hydrogen-bond donors (Lipinski definition) is 2. The van der Waals surface area contributed by atoms with E-state index in [4.69, 9.17) is 4.74 Å². The number of nitrogens with zero attached hydrogens (tertiary/aromatic N) is 4. The standard InChI is InChI=1S/C19H21FN4O4/c1-10-8-24(9-11(2)28-10)18-12(3)16(20)13(6-14(18)19(25)26)17(23-27)15-7-21-4-5-22-15/h4-7,10-11,27H,8-9H2,1-3H3,(H,25,26)/b23-17-/t10-,11+. The number of halogens is 1. The summed E-state index contributed by atoms with van der Waals surface area (Å²) in [7, 11) is 0. The summed E-state index contributed by atoms with van der Waals surface area (Å²) in [5.74, 6) is -1.88. The zero-order valence-corrected chi connectivity index (χ0v) is 15.8. The third kappa shape index (κ3) is 3.65. The van der Waals surface area contributed by atoms with Crippen molar-refractivity contribution in [3.63, 3.8) is 0 Å². The normalized spacial score (nSPS) is 20.3. The smallest absolute Gasteiger partial charge is 0.337 e. The maximum Gasteiger partial charge on any atom is 0.337 e. The third-order valence-electron chi connectivity index (χ3n) is 4.59. The monoisotopic (exact) mass is 388 g/mol. The molecule has 0 bridgehead atoms. The van der Waals surface area contributed by atoms with E-state index in [1.165, 1.54) is 31.6 Å². The second-order valence-electron chi connectivity index (χ2n) is 6.77. The van der Waals surface area contributed by atoms with Gasteiger partial charge in [0.05, 0.1) is 29.7 Å². The van der Waals surface area contributed by atoms with Crippen LogP contribution in [0.5, 0.6) is 0 Å². The highest BCUT2D eigenvalue weighted by atomic mass is 19.1. The fraction of sp³-hybridized carbons (Fsp3) is 0.368. The Bertz CT molecular complexity index is 910. The number of carboxylic acids is 1. The Hall–Kier alpha value is -3.07. The molecule has 2 aromatic rings. The quantitative estimate of drug-likeness (QED) is 0.470. The summed E-state index contributed by atoms with van der Waals surface area (Å²) in [5.41, 5.74) is 0.150. The van der Waals surface area contributed by atoms with Crippen molar-refractivity contribution < 1.29 is 24.2 Å². The van der Waals surface area contributed by atoms with Gasteiger partial charge in [-0.05, 0) is 26.8 Å². The van der Waals surface area contributed by atoms with Crippen LogP contribution >= 0.6 is 0 Å². The van der Waals surface area contributed by atoms with E-state index in [0.717, 1.165) is 0 Å². The van der Waals surface area contributed by atoms with Crippen LogP contribution in [0, 0.1) is 12.7 Å². The number of carboxylic acid groups (broad SMARTS) is 1. The van der Waals surface area contributed by atoms with E-state index in [0.29, 0.717) is 18.8 Å². The van der Waals surface area contributed by atoms with Crippen molar-refractivity contribution in [3.8, 4) is 0 Å². The molecule has 1 aliphatic rings. The zero-order chi connectivity index (χ0) is 20.4. The zero-order valence-electron chi connectivity index (χ0n) is 15.8. The van der Waals surface area contributed by atoms with Crippen molar-refractivity contribution in [1.82, 2.24) is 9.97 Å². The first-order valence-electron chi connectivity index (χ1n) is 8.79. The molecule has 1 aromatic carbocycles. The number of carbonyl (C=O) groups is 1. The number of hydrogen-bond acceptors (Lipinski definition) is 7. The van der Waals surface area contributed by atoms with Gasteiger partial charge in [0.15, 0.2) is 0 Å². The molecule has 2 N–H and O–H groups in total. The van der Waals surface area contributed by atoms with Gasteiger partial charge in [-0.15, -0.1) is 0 Å². The Kier molecular flexibility index (Phi) is 5.55. The number of rotatable bonds is 4. The predicted molar refractivity (Wildman–Crippen MR) is 99.8 cm³/mol. The van der Waals surface area contributed by atoms with Crippen molar-refractivity contribution >= 4 is 17.4 Å². The number of anilines is 1. The Morgan fingerprint density at radius 3 is 2.50 bits per heavy atom. The maximum atomic E-state index is 15.3. The van der Waals surface area contributed by atoms with Gasteiger partial charge in [0.2, 0.25) is 0 Å². The van der Waals surface area contributed by atoms with Crippen LogP contribution in [0.25, 0.3) is 0 Å². The van der Waals surface area contributed by atoms with Crippen LogP contribution in [0.4, 0.5) is 10.1 Å². The Morgan fingerprint density at radius 2 is 1.96 bits per heavy atom. The minimum absolute atomic E-state index is 0.0831. The highest BCUT2D eigenvalue weighted by Gasteiger charge is 2.30. The summed E-state index contributed by atoms with van der Waals surface area (Å²) in [5, 5.41) is 22.4. The van der Waals surface area contributed by atoms with E-state index in [-0.39, 0.29) is 40.3 Å². The lowest BCUT2D eigenvalue weighted by Gasteiger charge is -2.38. The number of aromatic carboxylic acids is 1. The van der Waals surface area contributed by atoms with Gasteiger partial charge in [0.25, 0.3) is 0 Å². The fourth-order valence-corrected chi connectivity index (χ4v) is 3.55. The largest absolute Gasteiger partial charge is 0.478 e. The lowest BCUT2D eigenvalue weighted by molar-refractivity contribution is -0.00537. The molecule has 2 heterocycles. The van der Waals surface area contributed by atoms with Gasteiger partial charge in [-0.25, -0.2) is 9.18 Å². The molecule has 148 valence electrons. The first kappa shape index (κ1) is 19.7. The molecule has 0 saturated carbocycles. The highest BCUT2D eigenvalue weighted by molar-refractivity contribution is 6.13. The Morgan fingerprint density at radius 1 is 1.29 bits per heavy atom. The summed E-state index contributed by atoms with van der Waals surface area (Å²) >= 11 is 0.